The molecule has 0 aliphatic heterocycles. The number of hydrogen-bond acceptors (Lipinski definition) is 3. The Morgan fingerprint density at radius 1 is 1.05 bits per heavy atom. The summed E-state index contributed by atoms with van der Waals surface area (Å²) in [6, 6.07) is 12.7. The summed E-state index contributed by atoms with van der Waals surface area (Å²) in [5.41, 5.74) is 6.83. The van der Waals surface area contributed by atoms with Gasteiger partial charge in [-0.15, -0.1) is 0 Å². The molecular weight excluding hydrogens is 280 g/mol. The number of nitrogens with zero attached hydrogens (tertiary/aromatic N) is 1. The Labute approximate surface area is 126 Å². The molecule has 0 fully saturated rings. The predicted octanol–water partition coefficient (Wildman–Crippen LogP) is 1.57. The third kappa shape index (κ3) is 2.95. The second kappa shape index (κ2) is 6.09. The number of rotatable bonds is 3. The van der Waals surface area contributed by atoms with E-state index >= 15 is 0 Å². The van der Waals surface area contributed by atoms with Crippen molar-refractivity contribution >= 4 is 22.7 Å². The molecule has 3 N–H and O–H groups in total. The molecule has 22 heavy (non-hydrogen) atoms. The number of hydrogen-bond donors (Lipinski definition) is 3. The molecular formula is C16H14N4O2. The second-order valence-corrected chi connectivity index (χ2v) is 4.75. The molecule has 0 unspecified atom stereocenters. The Hall–Kier alpha value is -3.15. The molecule has 3 aromatic rings. The van der Waals surface area contributed by atoms with E-state index in [0.717, 1.165) is 16.5 Å². The summed E-state index contributed by atoms with van der Waals surface area (Å²) in [4.78, 5) is 30.7. The SMILES string of the molecule is O=C(Cc1c[nH]c2ccccc12)NNC(=O)c1ccccn1. The van der Waals surface area contributed by atoms with E-state index in [-0.39, 0.29) is 18.0 Å². The molecule has 2 aromatic heterocycles. The van der Waals surface area contributed by atoms with Crippen LogP contribution in [0.4, 0.5) is 0 Å². The molecule has 0 aliphatic carbocycles. The average Bonchev–Trinajstić information content (AvgIpc) is 2.97. The van der Waals surface area contributed by atoms with E-state index in [1.807, 2.05) is 24.3 Å². The Morgan fingerprint density at radius 3 is 2.68 bits per heavy atom. The van der Waals surface area contributed by atoms with Crippen molar-refractivity contribution in [2.45, 2.75) is 6.42 Å². The van der Waals surface area contributed by atoms with Crippen molar-refractivity contribution in [2.75, 3.05) is 0 Å². The molecule has 2 amide bonds. The van der Waals surface area contributed by atoms with Gasteiger partial charge in [-0.25, -0.2) is 0 Å². The molecule has 110 valence electrons. The minimum absolute atomic E-state index is 0.173. The summed E-state index contributed by atoms with van der Waals surface area (Å²) in [6.07, 6.45) is 3.49. The van der Waals surface area contributed by atoms with Crippen molar-refractivity contribution in [1.29, 1.82) is 0 Å². The van der Waals surface area contributed by atoms with E-state index < -0.39 is 5.91 Å². The number of pyridine rings is 1. The molecule has 6 nitrogen and oxygen atoms in total. The standard InChI is InChI=1S/C16H14N4O2/c21-15(19-20-16(22)14-7-3-4-8-17-14)9-11-10-18-13-6-2-1-5-12(11)13/h1-8,10,18H,9H2,(H,19,21)(H,20,22). The number of amides is 2. The maximum absolute atomic E-state index is 11.9. The van der Waals surface area contributed by atoms with Crippen LogP contribution in [-0.4, -0.2) is 21.8 Å². The number of carbonyl (C=O) groups is 2. The number of H-pyrrole nitrogens is 1. The van der Waals surface area contributed by atoms with Crippen LogP contribution in [0.2, 0.25) is 0 Å². The molecule has 3 rings (SSSR count). The molecule has 1 aromatic carbocycles. The first-order chi connectivity index (χ1) is 10.7. The summed E-state index contributed by atoms with van der Waals surface area (Å²) in [5, 5.41) is 0.994. The van der Waals surface area contributed by atoms with Crippen LogP contribution in [-0.2, 0) is 11.2 Å². The van der Waals surface area contributed by atoms with Crippen LogP contribution in [0.5, 0.6) is 0 Å². The third-order valence-electron chi connectivity index (χ3n) is 3.24. The fourth-order valence-corrected chi connectivity index (χ4v) is 2.18. The summed E-state index contributed by atoms with van der Waals surface area (Å²) < 4.78 is 0. The highest BCUT2D eigenvalue weighted by atomic mass is 16.2. The monoisotopic (exact) mass is 294 g/mol. The summed E-state index contributed by atoms with van der Waals surface area (Å²) in [6.45, 7) is 0. The smallest absolute Gasteiger partial charge is 0.288 e. The highest BCUT2D eigenvalue weighted by Crippen LogP contribution is 2.17. The van der Waals surface area contributed by atoms with Crippen molar-refractivity contribution in [3.63, 3.8) is 0 Å². The van der Waals surface area contributed by atoms with Gasteiger partial charge in [-0.05, 0) is 23.8 Å². The van der Waals surface area contributed by atoms with Crippen molar-refractivity contribution in [1.82, 2.24) is 20.8 Å². The minimum Gasteiger partial charge on any atom is -0.361 e. The number of aromatic amines is 1. The lowest BCUT2D eigenvalue weighted by molar-refractivity contribution is -0.121. The van der Waals surface area contributed by atoms with Crippen LogP contribution < -0.4 is 10.9 Å². The topological polar surface area (TPSA) is 86.9 Å². The number of para-hydroxylation sites is 1. The lowest BCUT2D eigenvalue weighted by Gasteiger charge is -2.06. The first-order valence-electron chi connectivity index (χ1n) is 6.79. The van der Waals surface area contributed by atoms with Crippen molar-refractivity contribution in [2.24, 2.45) is 0 Å². The van der Waals surface area contributed by atoms with Gasteiger partial charge < -0.3 is 4.98 Å². The van der Waals surface area contributed by atoms with Gasteiger partial charge in [0.25, 0.3) is 5.91 Å². The van der Waals surface area contributed by atoms with E-state index in [1.54, 1.807) is 24.4 Å². The Bertz CT molecular complexity index is 811. The van der Waals surface area contributed by atoms with Gasteiger partial charge in [0.1, 0.15) is 5.69 Å². The minimum atomic E-state index is -0.451. The zero-order valence-electron chi connectivity index (χ0n) is 11.7. The summed E-state index contributed by atoms with van der Waals surface area (Å²) >= 11 is 0. The van der Waals surface area contributed by atoms with Gasteiger partial charge in [0.2, 0.25) is 5.91 Å². The number of fused-ring (bicyclic) bond motifs is 1. The molecule has 0 saturated heterocycles. The molecule has 2 heterocycles. The van der Waals surface area contributed by atoms with Gasteiger partial charge in [0, 0.05) is 23.3 Å². The normalized spacial score (nSPS) is 10.4. The number of hydrazine groups is 1. The lowest BCUT2D eigenvalue weighted by Crippen LogP contribution is -2.42. The first-order valence-corrected chi connectivity index (χ1v) is 6.79. The van der Waals surface area contributed by atoms with Gasteiger partial charge in [0.05, 0.1) is 6.42 Å². The van der Waals surface area contributed by atoms with Crippen molar-refractivity contribution in [3.05, 3.63) is 66.1 Å². The van der Waals surface area contributed by atoms with Crippen LogP contribution in [0, 0.1) is 0 Å². The molecule has 0 bridgehead atoms. The highest BCUT2D eigenvalue weighted by molar-refractivity contribution is 5.94. The van der Waals surface area contributed by atoms with Crippen LogP contribution in [0.3, 0.4) is 0 Å². The average molecular weight is 294 g/mol. The Morgan fingerprint density at radius 2 is 1.86 bits per heavy atom. The second-order valence-electron chi connectivity index (χ2n) is 4.75. The lowest BCUT2D eigenvalue weighted by atomic mass is 10.1. The van der Waals surface area contributed by atoms with Gasteiger partial charge in [-0.2, -0.15) is 0 Å². The fourth-order valence-electron chi connectivity index (χ4n) is 2.18. The zero-order chi connectivity index (χ0) is 15.4. The maximum atomic E-state index is 11.9. The maximum Gasteiger partial charge on any atom is 0.288 e. The highest BCUT2D eigenvalue weighted by Gasteiger charge is 2.10. The first kappa shape index (κ1) is 13.8. The molecule has 0 spiro atoms. The van der Waals surface area contributed by atoms with Gasteiger partial charge in [0.15, 0.2) is 0 Å². The Kier molecular flexibility index (Phi) is 3.82. The quantitative estimate of drug-likeness (QED) is 0.641. The molecule has 6 heteroatoms. The van der Waals surface area contributed by atoms with Crippen LogP contribution in [0.25, 0.3) is 10.9 Å². The van der Waals surface area contributed by atoms with Gasteiger partial charge >= 0.3 is 0 Å². The van der Waals surface area contributed by atoms with Crippen LogP contribution >= 0.6 is 0 Å². The predicted molar refractivity (Wildman–Crippen MR) is 81.8 cm³/mol. The molecule has 0 atom stereocenters. The fraction of sp³-hybridized carbons (Fsp3) is 0.0625. The van der Waals surface area contributed by atoms with E-state index in [1.165, 1.54) is 6.20 Å². The van der Waals surface area contributed by atoms with Gasteiger partial charge in [-0.3, -0.25) is 25.4 Å². The van der Waals surface area contributed by atoms with Crippen molar-refractivity contribution in [3.8, 4) is 0 Å². The van der Waals surface area contributed by atoms with E-state index in [4.69, 9.17) is 0 Å². The number of nitrogens with one attached hydrogen (secondary N) is 3. The summed E-state index contributed by atoms with van der Waals surface area (Å²) in [7, 11) is 0. The molecule has 0 saturated carbocycles. The summed E-state index contributed by atoms with van der Waals surface area (Å²) in [5.74, 6) is -0.748. The number of benzene rings is 1. The van der Waals surface area contributed by atoms with Gasteiger partial charge in [-0.1, -0.05) is 24.3 Å². The van der Waals surface area contributed by atoms with E-state index in [0.29, 0.717) is 0 Å². The Balaban J connectivity index is 1.60. The van der Waals surface area contributed by atoms with E-state index in [9.17, 15) is 9.59 Å². The van der Waals surface area contributed by atoms with Crippen LogP contribution in [0.15, 0.2) is 54.9 Å². The zero-order valence-corrected chi connectivity index (χ0v) is 11.7. The third-order valence-corrected chi connectivity index (χ3v) is 3.24. The largest absolute Gasteiger partial charge is 0.361 e. The van der Waals surface area contributed by atoms with E-state index in [2.05, 4.69) is 20.8 Å². The van der Waals surface area contributed by atoms with Crippen LogP contribution in [0.1, 0.15) is 16.1 Å². The number of aromatic nitrogens is 2. The molecule has 0 radical (unpaired) electrons. The molecule has 0 aliphatic rings. The number of carbonyl (C=O) groups excluding carboxylic acids is 2. The van der Waals surface area contributed by atoms with Crippen molar-refractivity contribution < 1.29 is 9.59 Å².